The molecule has 0 radical (unpaired) electrons. The average Bonchev–Trinajstić information content (AvgIpc) is 2.14. The van der Waals surface area contributed by atoms with Crippen LogP contribution in [-0.2, 0) is 4.74 Å². The smallest absolute Gasteiger partial charge is 0.0744 e. The van der Waals surface area contributed by atoms with Crippen molar-refractivity contribution >= 4 is 0 Å². The van der Waals surface area contributed by atoms with E-state index in [1.165, 1.54) is 0 Å². The van der Waals surface area contributed by atoms with Crippen LogP contribution in [0.4, 0.5) is 0 Å². The van der Waals surface area contributed by atoms with Crippen molar-refractivity contribution in [3.63, 3.8) is 0 Å². The van der Waals surface area contributed by atoms with Gasteiger partial charge in [0.2, 0.25) is 0 Å². The normalized spacial score (nSPS) is 37.0. The van der Waals surface area contributed by atoms with Gasteiger partial charge in [-0.15, -0.1) is 0 Å². The molecule has 1 heterocycles. The van der Waals surface area contributed by atoms with Gasteiger partial charge in [-0.25, -0.2) is 0 Å². The van der Waals surface area contributed by atoms with E-state index in [2.05, 4.69) is 6.07 Å². The third-order valence-corrected chi connectivity index (χ3v) is 1.54. The third kappa shape index (κ3) is 0.823. The van der Waals surface area contributed by atoms with E-state index in [9.17, 15) is 0 Å². The summed E-state index contributed by atoms with van der Waals surface area (Å²) in [5.41, 5.74) is 0. The number of nitrogens with zero attached hydrogens (tertiary/aromatic N) is 1. The minimum absolute atomic E-state index is 0.148. The lowest BCUT2D eigenvalue weighted by Crippen LogP contribution is -2.07. The molecule has 1 aliphatic heterocycles. The first-order chi connectivity index (χ1) is 3.84. The first-order valence-electron chi connectivity index (χ1n) is 2.86. The Morgan fingerprint density at radius 3 is 2.75 bits per heavy atom. The van der Waals surface area contributed by atoms with Crippen molar-refractivity contribution in [2.45, 2.75) is 19.4 Å². The van der Waals surface area contributed by atoms with Gasteiger partial charge in [0.05, 0.1) is 18.1 Å². The van der Waals surface area contributed by atoms with Crippen LogP contribution in [0.1, 0.15) is 13.3 Å². The van der Waals surface area contributed by atoms with E-state index in [0.717, 1.165) is 13.0 Å². The van der Waals surface area contributed by atoms with Gasteiger partial charge in [0.1, 0.15) is 0 Å². The lowest BCUT2D eigenvalue weighted by atomic mass is 10.1. The Bertz CT molecular complexity index is 116. The van der Waals surface area contributed by atoms with E-state index in [4.69, 9.17) is 10.00 Å². The van der Waals surface area contributed by atoms with Gasteiger partial charge in [-0.05, 0) is 13.3 Å². The van der Waals surface area contributed by atoms with Crippen molar-refractivity contribution in [1.82, 2.24) is 0 Å². The fourth-order valence-electron chi connectivity index (χ4n) is 0.901. The molecule has 0 aromatic rings. The van der Waals surface area contributed by atoms with E-state index >= 15 is 0 Å². The molecule has 0 N–H and O–H groups in total. The molecule has 2 nitrogen and oxygen atoms in total. The minimum atomic E-state index is 0.148. The number of hydrogen-bond donors (Lipinski definition) is 0. The van der Waals surface area contributed by atoms with Crippen LogP contribution in [0.15, 0.2) is 0 Å². The number of hydrogen-bond acceptors (Lipinski definition) is 2. The second-order valence-corrected chi connectivity index (χ2v) is 2.10. The Hall–Kier alpha value is -0.550. The van der Waals surface area contributed by atoms with Gasteiger partial charge in [-0.2, -0.15) is 5.26 Å². The number of nitriles is 1. The molecule has 2 heteroatoms. The summed E-state index contributed by atoms with van der Waals surface area (Å²) >= 11 is 0. The monoisotopic (exact) mass is 111 g/mol. The fourth-order valence-corrected chi connectivity index (χ4v) is 0.901. The largest absolute Gasteiger partial charge is 0.377 e. The van der Waals surface area contributed by atoms with E-state index in [1.807, 2.05) is 6.92 Å². The first kappa shape index (κ1) is 5.58. The van der Waals surface area contributed by atoms with Crippen LogP contribution in [-0.4, -0.2) is 12.7 Å². The van der Waals surface area contributed by atoms with Crippen molar-refractivity contribution < 1.29 is 4.74 Å². The highest BCUT2D eigenvalue weighted by Gasteiger charge is 2.22. The Balaban J connectivity index is 2.45. The molecule has 0 unspecified atom stereocenters. The molecule has 0 saturated carbocycles. The fraction of sp³-hybridized carbons (Fsp3) is 0.833. The van der Waals surface area contributed by atoms with Gasteiger partial charge >= 0.3 is 0 Å². The summed E-state index contributed by atoms with van der Waals surface area (Å²) in [5.74, 6) is 0.148. The average molecular weight is 111 g/mol. The van der Waals surface area contributed by atoms with Crippen LogP contribution < -0.4 is 0 Å². The molecule has 0 amide bonds. The number of ether oxygens (including phenoxy) is 1. The zero-order valence-electron chi connectivity index (χ0n) is 4.92. The Morgan fingerprint density at radius 2 is 2.50 bits per heavy atom. The summed E-state index contributed by atoms with van der Waals surface area (Å²) in [6.45, 7) is 2.71. The van der Waals surface area contributed by atoms with Gasteiger partial charge in [-0.3, -0.25) is 0 Å². The van der Waals surface area contributed by atoms with Gasteiger partial charge in [0.15, 0.2) is 0 Å². The lowest BCUT2D eigenvalue weighted by molar-refractivity contribution is 0.115. The molecular formula is C6H9NO. The SMILES string of the molecule is C[C@@H]1OCC[C@@H]1C#N. The standard InChI is InChI=1S/C6H9NO/c1-5-6(4-7)2-3-8-5/h5-6H,2-3H2,1H3/t5-,6+/m0/s1. The molecule has 0 bridgehead atoms. The highest BCUT2D eigenvalue weighted by Crippen LogP contribution is 2.18. The molecule has 0 spiro atoms. The van der Waals surface area contributed by atoms with E-state index in [1.54, 1.807) is 0 Å². The van der Waals surface area contributed by atoms with Crippen molar-refractivity contribution in [2.75, 3.05) is 6.61 Å². The molecule has 44 valence electrons. The zero-order chi connectivity index (χ0) is 5.98. The molecule has 1 saturated heterocycles. The van der Waals surface area contributed by atoms with Gasteiger partial charge in [0, 0.05) is 6.61 Å². The second kappa shape index (κ2) is 2.15. The lowest BCUT2D eigenvalue weighted by Gasteiger charge is -2.01. The summed E-state index contributed by atoms with van der Waals surface area (Å²) in [7, 11) is 0. The van der Waals surface area contributed by atoms with Crippen molar-refractivity contribution in [1.29, 1.82) is 5.26 Å². The maximum atomic E-state index is 8.41. The Kier molecular flexibility index (Phi) is 1.50. The molecule has 2 atom stereocenters. The van der Waals surface area contributed by atoms with Gasteiger partial charge in [0.25, 0.3) is 0 Å². The van der Waals surface area contributed by atoms with Crippen molar-refractivity contribution in [3.8, 4) is 6.07 Å². The predicted molar refractivity (Wildman–Crippen MR) is 29.1 cm³/mol. The Labute approximate surface area is 49.1 Å². The summed E-state index contributed by atoms with van der Waals surface area (Å²) in [4.78, 5) is 0. The topological polar surface area (TPSA) is 33.0 Å². The summed E-state index contributed by atoms with van der Waals surface area (Å²) in [5, 5.41) is 8.41. The van der Waals surface area contributed by atoms with Crippen molar-refractivity contribution in [3.05, 3.63) is 0 Å². The molecule has 1 rings (SSSR count). The molecular weight excluding hydrogens is 102 g/mol. The molecule has 0 aromatic heterocycles. The summed E-state index contributed by atoms with van der Waals surface area (Å²) in [6, 6.07) is 2.19. The highest BCUT2D eigenvalue weighted by atomic mass is 16.5. The third-order valence-electron chi connectivity index (χ3n) is 1.54. The van der Waals surface area contributed by atoms with E-state index < -0.39 is 0 Å². The number of rotatable bonds is 0. The molecule has 1 aliphatic rings. The van der Waals surface area contributed by atoms with E-state index in [0.29, 0.717) is 0 Å². The van der Waals surface area contributed by atoms with Gasteiger partial charge in [-0.1, -0.05) is 0 Å². The summed E-state index contributed by atoms with van der Waals surface area (Å²) in [6.07, 6.45) is 1.08. The zero-order valence-corrected chi connectivity index (χ0v) is 4.92. The van der Waals surface area contributed by atoms with Crippen LogP contribution in [0.25, 0.3) is 0 Å². The molecule has 0 aliphatic carbocycles. The molecule has 0 aromatic carbocycles. The van der Waals surface area contributed by atoms with Crippen LogP contribution in [0.3, 0.4) is 0 Å². The molecule has 8 heavy (non-hydrogen) atoms. The Morgan fingerprint density at radius 1 is 1.75 bits per heavy atom. The summed E-state index contributed by atoms with van der Waals surface area (Å²) < 4.78 is 5.13. The minimum Gasteiger partial charge on any atom is -0.377 e. The van der Waals surface area contributed by atoms with Crippen LogP contribution in [0.2, 0.25) is 0 Å². The van der Waals surface area contributed by atoms with Crippen molar-refractivity contribution in [2.24, 2.45) is 5.92 Å². The first-order valence-corrected chi connectivity index (χ1v) is 2.86. The maximum absolute atomic E-state index is 8.41. The van der Waals surface area contributed by atoms with Crippen LogP contribution in [0, 0.1) is 17.2 Å². The predicted octanol–water partition coefficient (Wildman–Crippen LogP) is 0.935. The molecule has 1 fully saturated rings. The van der Waals surface area contributed by atoms with Gasteiger partial charge < -0.3 is 4.74 Å². The maximum Gasteiger partial charge on any atom is 0.0744 e. The quantitative estimate of drug-likeness (QED) is 0.466. The highest BCUT2D eigenvalue weighted by molar-refractivity contribution is 4.90. The van der Waals surface area contributed by atoms with E-state index in [-0.39, 0.29) is 12.0 Å². The second-order valence-electron chi connectivity index (χ2n) is 2.10. The van der Waals surface area contributed by atoms with Crippen LogP contribution >= 0.6 is 0 Å². The van der Waals surface area contributed by atoms with Crippen LogP contribution in [0.5, 0.6) is 0 Å².